The fourth-order valence-corrected chi connectivity index (χ4v) is 4.10. The third kappa shape index (κ3) is 4.68. The van der Waals surface area contributed by atoms with Gasteiger partial charge >= 0.3 is 0 Å². The van der Waals surface area contributed by atoms with Gasteiger partial charge in [-0.05, 0) is 46.7 Å². The Kier molecular flexibility index (Phi) is 6.46. The Morgan fingerprint density at radius 3 is 2.04 bits per heavy atom. The van der Waals surface area contributed by atoms with E-state index in [0.717, 1.165) is 39.0 Å². The minimum atomic E-state index is -0.0142. The molecule has 0 spiro atoms. The lowest BCUT2D eigenvalue weighted by atomic mass is 9.96. The molecule has 2 aliphatic heterocycles. The summed E-state index contributed by atoms with van der Waals surface area (Å²) in [5.41, 5.74) is 0. The van der Waals surface area contributed by atoms with Crippen molar-refractivity contribution in [2.75, 3.05) is 40.3 Å². The molecule has 5 heteroatoms. The van der Waals surface area contributed by atoms with Crippen LogP contribution in [0.4, 0.5) is 0 Å². The second-order valence-corrected chi connectivity index (χ2v) is 7.92. The zero-order chi connectivity index (χ0) is 17.1. The summed E-state index contributed by atoms with van der Waals surface area (Å²) < 4.78 is 5.84. The second-order valence-electron chi connectivity index (χ2n) is 7.92. The van der Waals surface area contributed by atoms with Gasteiger partial charge in [-0.1, -0.05) is 13.8 Å². The first-order valence-corrected chi connectivity index (χ1v) is 9.14. The van der Waals surface area contributed by atoms with Crippen molar-refractivity contribution in [2.24, 2.45) is 5.92 Å². The van der Waals surface area contributed by atoms with Crippen molar-refractivity contribution < 1.29 is 9.53 Å². The zero-order valence-corrected chi connectivity index (χ0v) is 15.8. The lowest BCUT2D eigenvalue weighted by Gasteiger charge is -2.44. The van der Waals surface area contributed by atoms with Crippen LogP contribution in [0, 0.1) is 5.92 Å². The van der Waals surface area contributed by atoms with Gasteiger partial charge in [0, 0.05) is 32.2 Å². The number of piperidine rings is 1. The summed E-state index contributed by atoms with van der Waals surface area (Å²) in [6, 6.07) is 0.597. The van der Waals surface area contributed by atoms with Gasteiger partial charge in [0.1, 0.15) is 0 Å². The monoisotopic (exact) mass is 325 g/mol. The molecular formula is C18H35N3O2. The fourth-order valence-electron chi connectivity index (χ4n) is 4.10. The number of ether oxygens (including phenoxy) is 1. The third-order valence-corrected chi connectivity index (χ3v) is 5.23. The quantitative estimate of drug-likeness (QED) is 0.788. The highest BCUT2D eigenvalue weighted by Gasteiger charge is 2.37. The molecule has 5 nitrogen and oxygen atoms in total. The van der Waals surface area contributed by atoms with E-state index in [2.05, 4.69) is 56.5 Å². The molecule has 2 heterocycles. The molecule has 2 aliphatic rings. The number of morpholine rings is 1. The molecule has 3 atom stereocenters. The van der Waals surface area contributed by atoms with Crippen LogP contribution in [-0.4, -0.2) is 85.2 Å². The molecule has 0 aromatic heterocycles. The summed E-state index contributed by atoms with van der Waals surface area (Å²) in [7, 11) is 4.27. The van der Waals surface area contributed by atoms with Crippen LogP contribution in [0.15, 0.2) is 0 Å². The molecule has 2 saturated heterocycles. The maximum absolute atomic E-state index is 13.2. The molecule has 0 N–H and O–H groups in total. The van der Waals surface area contributed by atoms with Gasteiger partial charge in [-0.25, -0.2) is 0 Å². The van der Waals surface area contributed by atoms with E-state index in [-0.39, 0.29) is 18.2 Å². The number of hydrogen-bond donors (Lipinski definition) is 0. The van der Waals surface area contributed by atoms with Gasteiger partial charge in [0.25, 0.3) is 0 Å². The van der Waals surface area contributed by atoms with Gasteiger partial charge in [0.05, 0.1) is 18.2 Å². The van der Waals surface area contributed by atoms with Crippen molar-refractivity contribution in [2.45, 2.75) is 64.8 Å². The standard InChI is InChI=1S/C18H35N3O2/c1-13(2)17(21-11-14(3)23-15(4)12-21)18(22)20-9-7-16(8-10-20)19(5)6/h13-17H,7-12H2,1-6H3. The van der Waals surface area contributed by atoms with Crippen LogP contribution in [0.3, 0.4) is 0 Å². The van der Waals surface area contributed by atoms with Crippen LogP contribution >= 0.6 is 0 Å². The van der Waals surface area contributed by atoms with Crippen molar-refractivity contribution in [3.05, 3.63) is 0 Å². The summed E-state index contributed by atoms with van der Waals surface area (Å²) in [4.78, 5) is 19.9. The fraction of sp³-hybridized carbons (Fsp3) is 0.944. The average molecular weight is 325 g/mol. The predicted octanol–water partition coefficient (Wildman–Crippen LogP) is 1.67. The third-order valence-electron chi connectivity index (χ3n) is 5.23. The van der Waals surface area contributed by atoms with Crippen molar-refractivity contribution in [3.63, 3.8) is 0 Å². The Labute approximate surface area is 141 Å². The summed E-state index contributed by atoms with van der Waals surface area (Å²) in [5.74, 6) is 0.644. The zero-order valence-electron chi connectivity index (χ0n) is 15.8. The lowest BCUT2D eigenvalue weighted by molar-refractivity contribution is -0.146. The van der Waals surface area contributed by atoms with E-state index >= 15 is 0 Å². The first-order chi connectivity index (χ1) is 10.8. The highest BCUT2D eigenvalue weighted by molar-refractivity contribution is 5.82. The van der Waals surface area contributed by atoms with Crippen molar-refractivity contribution in [1.29, 1.82) is 0 Å². The smallest absolute Gasteiger partial charge is 0.240 e. The maximum Gasteiger partial charge on any atom is 0.240 e. The summed E-state index contributed by atoms with van der Waals surface area (Å²) >= 11 is 0. The van der Waals surface area contributed by atoms with E-state index in [9.17, 15) is 4.79 Å². The molecule has 2 fully saturated rings. The maximum atomic E-state index is 13.2. The van der Waals surface area contributed by atoms with Crippen molar-refractivity contribution >= 4 is 5.91 Å². The molecule has 0 aliphatic carbocycles. The van der Waals surface area contributed by atoms with Crippen molar-refractivity contribution in [3.8, 4) is 0 Å². The van der Waals surface area contributed by atoms with Gasteiger partial charge in [-0.15, -0.1) is 0 Å². The Morgan fingerprint density at radius 1 is 1.09 bits per heavy atom. The first-order valence-electron chi connectivity index (χ1n) is 9.14. The largest absolute Gasteiger partial charge is 0.373 e. The van der Waals surface area contributed by atoms with Crippen LogP contribution in [0.5, 0.6) is 0 Å². The Bertz CT molecular complexity index is 382. The molecule has 0 bridgehead atoms. The SMILES string of the molecule is CC1CN(C(C(=O)N2CCC(N(C)C)CC2)C(C)C)CC(C)O1. The van der Waals surface area contributed by atoms with E-state index in [1.165, 1.54) is 0 Å². The minimum Gasteiger partial charge on any atom is -0.373 e. The van der Waals surface area contributed by atoms with Gasteiger partial charge in [0.15, 0.2) is 0 Å². The summed E-state index contributed by atoms with van der Waals surface area (Å²) in [6.45, 7) is 12.0. The van der Waals surface area contributed by atoms with Crippen LogP contribution in [0.25, 0.3) is 0 Å². The summed E-state index contributed by atoms with van der Waals surface area (Å²) in [5, 5.41) is 0. The van der Waals surface area contributed by atoms with E-state index < -0.39 is 0 Å². The molecule has 134 valence electrons. The minimum absolute atomic E-state index is 0.0142. The molecule has 0 radical (unpaired) electrons. The highest BCUT2D eigenvalue weighted by atomic mass is 16.5. The molecular weight excluding hydrogens is 290 g/mol. The Balaban J connectivity index is 2.02. The Morgan fingerprint density at radius 2 is 1.61 bits per heavy atom. The van der Waals surface area contributed by atoms with Gasteiger partial charge < -0.3 is 14.5 Å². The number of likely N-dealkylation sites (tertiary alicyclic amines) is 1. The number of hydrogen-bond acceptors (Lipinski definition) is 4. The molecule has 3 unspecified atom stereocenters. The molecule has 0 aromatic carbocycles. The molecule has 0 aromatic rings. The van der Waals surface area contributed by atoms with Gasteiger partial charge in [0.2, 0.25) is 5.91 Å². The highest BCUT2D eigenvalue weighted by Crippen LogP contribution is 2.22. The molecule has 1 amide bonds. The Hall–Kier alpha value is -0.650. The van der Waals surface area contributed by atoms with Crippen LogP contribution in [0.1, 0.15) is 40.5 Å². The van der Waals surface area contributed by atoms with Crippen LogP contribution in [-0.2, 0) is 9.53 Å². The number of carbonyl (C=O) groups excluding carboxylic acids is 1. The van der Waals surface area contributed by atoms with E-state index in [4.69, 9.17) is 4.74 Å². The van der Waals surface area contributed by atoms with E-state index in [1.54, 1.807) is 0 Å². The van der Waals surface area contributed by atoms with E-state index in [1.807, 2.05) is 0 Å². The normalized spacial score (nSPS) is 29.3. The van der Waals surface area contributed by atoms with Crippen molar-refractivity contribution in [1.82, 2.24) is 14.7 Å². The first kappa shape index (κ1) is 18.7. The number of carbonyl (C=O) groups is 1. The van der Waals surface area contributed by atoms with Gasteiger partial charge in [-0.3, -0.25) is 9.69 Å². The topological polar surface area (TPSA) is 36.0 Å². The van der Waals surface area contributed by atoms with Crippen LogP contribution < -0.4 is 0 Å². The number of rotatable bonds is 4. The van der Waals surface area contributed by atoms with Crippen LogP contribution in [0.2, 0.25) is 0 Å². The van der Waals surface area contributed by atoms with E-state index in [0.29, 0.717) is 17.9 Å². The average Bonchev–Trinajstić information content (AvgIpc) is 2.46. The summed E-state index contributed by atoms with van der Waals surface area (Å²) in [6.07, 6.45) is 2.57. The number of amides is 1. The predicted molar refractivity (Wildman–Crippen MR) is 93.5 cm³/mol. The van der Waals surface area contributed by atoms with Gasteiger partial charge in [-0.2, -0.15) is 0 Å². The molecule has 2 rings (SSSR count). The molecule has 23 heavy (non-hydrogen) atoms. The molecule has 0 saturated carbocycles. The second kappa shape index (κ2) is 7.95. The number of nitrogens with zero attached hydrogens (tertiary/aromatic N) is 3. The lowest BCUT2D eigenvalue weighted by Crippen LogP contribution is -2.58.